The molecule has 25 heavy (non-hydrogen) atoms. The number of hydrogen-bond acceptors (Lipinski definition) is 6. The van der Waals surface area contributed by atoms with Crippen LogP contribution >= 0.6 is 0 Å². The third kappa shape index (κ3) is 4.08. The van der Waals surface area contributed by atoms with Crippen molar-refractivity contribution >= 4 is 28.9 Å². The number of anilines is 1. The number of aromatic nitrogens is 4. The van der Waals surface area contributed by atoms with Crippen molar-refractivity contribution in [2.45, 2.75) is 6.92 Å². The molecule has 0 fully saturated rings. The number of pyridine rings is 2. The quantitative estimate of drug-likeness (QED) is 0.608. The van der Waals surface area contributed by atoms with Gasteiger partial charge in [-0.05, 0) is 25.1 Å². The molecule has 0 aliphatic carbocycles. The molecule has 0 aliphatic heterocycles. The molecule has 3 heterocycles. The van der Waals surface area contributed by atoms with Crippen molar-refractivity contribution in [2.75, 3.05) is 18.5 Å². The van der Waals surface area contributed by atoms with Crippen molar-refractivity contribution < 1.29 is 14.3 Å². The third-order valence-corrected chi connectivity index (χ3v) is 3.31. The van der Waals surface area contributed by atoms with E-state index >= 15 is 0 Å². The number of H-pyrrole nitrogens is 1. The summed E-state index contributed by atoms with van der Waals surface area (Å²) in [5, 5.41) is 11.6. The number of urea groups is 1. The van der Waals surface area contributed by atoms with Crippen LogP contribution in [0.1, 0.15) is 6.92 Å². The standard InChI is InChI=1S/C16H16N6O3/c1-2-25-15(23)9-18-16(24)22-14-4-3-12-13(21-14)5-10(6-17-12)11-7-19-20-8-11/h3-8H,2,9H2,1H3,(H,19,20)(H2,18,21,22,24). The highest BCUT2D eigenvalue weighted by molar-refractivity contribution is 5.92. The number of aromatic amines is 1. The topological polar surface area (TPSA) is 122 Å². The molecule has 0 spiro atoms. The maximum atomic E-state index is 11.8. The average Bonchev–Trinajstić information content (AvgIpc) is 3.14. The summed E-state index contributed by atoms with van der Waals surface area (Å²) < 4.78 is 4.74. The first-order valence-corrected chi connectivity index (χ1v) is 7.62. The number of esters is 1. The SMILES string of the molecule is CCOC(=O)CNC(=O)Nc1ccc2ncc(-c3cn[nH]c3)cc2n1. The zero-order chi connectivity index (χ0) is 17.6. The lowest BCUT2D eigenvalue weighted by Crippen LogP contribution is -2.34. The van der Waals surface area contributed by atoms with Crippen LogP contribution in [-0.4, -0.2) is 45.3 Å². The highest BCUT2D eigenvalue weighted by Crippen LogP contribution is 2.21. The van der Waals surface area contributed by atoms with E-state index in [1.165, 1.54) is 0 Å². The van der Waals surface area contributed by atoms with Crippen LogP contribution in [0.3, 0.4) is 0 Å². The molecule has 9 nitrogen and oxygen atoms in total. The molecular formula is C16H16N6O3. The fourth-order valence-corrected chi connectivity index (χ4v) is 2.17. The van der Waals surface area contributed by atoms with Gasteiger partial charge in [0.25, 0.3) is 0 Å². The Kier molecular flexibility index (Phi) is 4.84. The first-order chi connectivity index (χ1) is 12.2. The number of nitrogens with one attached hydrogen (secondary N) is 3. The second-order valence-electron chi connectivity index (χ2n) is 5.06. The Labute approximate surface area is 142 Å². The van der Waals surface area contributed by atoms with E-state index in [9.17, 15) is 9.59 Å². The molecule has 3 aromatic rings. The number of carbonyl (C=O) groups is 2. The molecule has 0 unspecified atom stereocenters. The summed E-state index contributed by atoms with van der Waals surface area (Å²) in [5.74, 6) is -0.155. The summed E-state index contributed by atoms with van der Waals surface area (Å²) in [6.07, 6.45) is 5.18. The van der Waals surface area contributed by atoms with Crippen molar-refractivity contribution in [1.29, 1.82) is 0 Å². The van der Waals surface area contributed by atoms with E-state index in [0.29, 0.717) is 16.9 Å². The van der Waals surface area contributed by atoms with Gasteiger partial charge in [0.15, 0.2) is 0 Å². The Morgan fingerprint density at radius 2 is 2.08 bits per heavy atom. The normalized spacial score (nSPS) is 10.4. The summed E-state index contributed by atoms with van der Waals surface area (Å²) in [5.41, 5.74) is 3.08. The van der Waals surface area contributed by atoms with Gasteiger partial charge >= 0.3 is 12.0 Å². The van der Waals surface area contributed by atoms with Crippen molar-refractivity contribution in [1.82, 2.24) is 25.5 Å². The Morgan fingerprint density at radius 3 is 2.84 bits per heavy atom. The molecule has 0 radical (unpaired) electrons. The molecule has 0 saturated carbocycles. The molecular weight excluding hydrogens is 324 g/mol. The average molecular weight is 340 g/mol. The summed E-state index contributed by atoms with van der Waals surface area (Å²) in [4.78, 5) is 31.8. The van der Waals surface area contributed by atoms with Crippen molar-refractivity contribution in [3.05, 3.63) is 36.8 Å². The Bertz CT molecular complexity index is 894. The molecule has 0 bridgehead atoms. The fourth-order valence-electron chi connectivity index (χ4n) is 2.17. The second-order valence-corrected chi connectivity index (χ2v) is 5.06. The summed E-state index contributed by atoms with van der Waals surface area (Å²) >= 11 is 0. The third-order valence-electron chi connectivity index (χ3n) is 3.31. The zero-order valence-corrected chi connectivity index (χ0v) is 13.4. The van der Waals surface area contributed by atoms with Crippen LogP contribution in [0.2, 0.25) is 0 Å². The highest BCUT2D eigenvalue weighted by atomic mass is 16.5. The van der Waals surface area contributed by atoms with E-state index in [1.54, 1.807) is 37.6 Å². The first-order valence-electron chi connectivity index (χ1n) is 7.62. The number of rotatable bonds is 5. The summed E-state index contributed by atoms with van der Waals surface area (Å²) in [6.45, 7) is 1.75. The Hall–Kier alpha value is -3.49. The van der Waals surface area contributed by atoms with Gasteiger partial charge in [0.2, 0.25) is 0 Å². The highest BCUT2D eigenvalue weighted by Gasteiger charge is 2.08. The number of carbonyl (C=O) groups excluding carboxylic acids is 2. The molecule has 2 amide bonds. The van der Waals surface area contributed by atoms with Crippen molar-refractivity contribution in [3.63, 3.8) is 0 Å². The largest absolute Gasteiger partial charge is 0.465 e. The van der Waals surface area contributed by atoms with E-state index in [2.05, 4.69) is 30.8 Å². The van der Waals surface area contributed by atoms with Gasteiger partial charge in [-0.25, -0.2) is 9.78 Å². The van der Waals surface area contributed by atoms with Gasteiger partial charge in [-0.1, -0.05) is 0 Å². The van der Waals surface area contributed by atoms with E-state index in [0.717, 1.165) is 11.1 Å². The summed E-state index contributed by atoms with van der Waals surface area (Å²) in [7, 11) is 0. The molecule has 0 saturated heterocycles. The van der Waals surface area contributed by atoms with Crippen molar-refractivity contribution in [2.24, 2.45) is 0 Å². The predicted molar refractivity (Wildman–Crippen MR) is 90.8 cm³/mol. The van der Waals surface area contributed by atoms with Gasteiger partial charge < -0.3 is 10.1 Å². The predicted octanol–water partition coefficient (Wildman–Crippen LogP) is 1.70. The number of fused-ring (bicyclic) bond motifs is 1. The second kappa shape index (κ2) is 7.39. The number of hydrogen-bond donors (Lipinski definition) is 3. The number of amides is 2. The van der Waals surface area contributed by atoms with Crippen LogP contribution in [0, 0.1) is 0 Å². The Morgan fingerprint density at radius 1 is 1.20 bits per heavy atom. The number of ether oxygens (including phenoxy) is 1. The molecule has 0 atom stereocenters. The lowest BCUT2D eigenvalue weighted by atomic mass is 10.1. The minimum Gasteiger partial charge on any atom is -0.465 e. The Balaban J connectivity index is 1.71. The van der Waals surface area contributed by atoms with Crippen LogP contribution in [0.5, 0.6) is 0 Å². The van der Waals surface area contributed by atoms with Crippen molar-refractivity contribution in [3.8, 4) is 11.1 Å². The van der Waals surface area contributed by atoms with Gasteiger partial charge in [0.05, 0.1) is 23.8 Å². The van der Waals surface area contributed by atoms with Gasteiger partial charge in [-0.3, -0.25) is 20.2 Å². The van der Waals surface area contributed by atoms with Crippen LogP contribution in [0.4, 0.5) is 10.6 Å². The molecule has 3 aromatic heterocycles. The van der Waals surface area contributed by atoms with Crippen LogP contribution in [-0.2, 0) is 9.53 Å². The van der Waals surface area contributed by atoms with Gasteiger partial charge in [-0.15, -0.1) is 0 Å². The molecule has 3 rings (SSSR count). The lowest BCUT2D eigenvalue weighted by molar-refractivity contribution is -0.141. The number of nitrogens with zero attached hydrogens (tertiary/aromatic N) is 3. The molecule has 128 valence electrons. The van der Waals surface area contributed by atoms with Crippen LogP contribution in [0.25, 0.3) is 22.2 Å². The molecule has 9 heteroatoms. The van der Waals surface area contributed by atoms with E-state index in [4.69, 9.17) is 4.74 Å². The maximum absolute atomic E-state index is 11.8. The van der Waals surface area contributed by atoms with E-state index < -0.39 is 12.0 Å². The molecule has 0 aliphatic rings. The van der Waals surface area contributed by atoms with Crippen LogP contribution in [0.15, 0.2) is 36.8 Å². The maximum Gasteiger partial charge on any atom is 0.325 e. The minimum atomic E-state index is -0.543. The van der Waals surface area contributed by atoms with Gasteiger partial charge in [-0.2, -0.15) is 5.10 Å². The van der Waals surface area contributed by atoms with Gasteiger partial charge in [0.1, 0.15) is 12.4 Å². The minimum absolute atomic E-state index is 0.209. The smallest absolute Gasteiger partial charge is 0.325 e. The lowest BCUT2D eigenvalue weighted by Gasteiger charge is -2.07. The zero-order valence-electron chi connectivity index (χ0n) is 13.4. The summed E-state index contributed by atoms with van der Waals surface area (Å²) in [6, 6.07) is 4.70. The first kappa shape index (κ1) is 16.4. The van der Waals surface area contributed by atoms with Gasteiger partial charge in [0, 0.05) is 23.5 Å². The molecule has 3 N–H and O–H groups in total. The fraction of sp³-hybridized carbons (Fsp3) is 0.188. The molecule has 0 aromatic carbocycles. The van der Waals surface area contributed by atoms with E-state index in [-0.39, 0.29) is 13.2 Å². The monoisotopic (exact) mass is 340 g/mol. The van der Waals surface area contributed by atoms with Crippen LogP contribution < -0.4 is 10.6 Å². The van der Waals surface area contributed by atoms with E-state index in [1.807, 2.05) is 6.07 Å².